The van der Waals surface area contributed by atoms with Gasteiger partial charge in [0.05, 0.1) is 12.7 Å². The lowest BCUT2D eigenvalue weighted by Gasteiger charge is -2.25. The van der Waals surface area contributed by atoms with Gasteiger partial charge in [0.2, 0.25) is 0 Å². The number of hydrogen-bond acceptors (Lipinski definition) is 3. The van der Waals surface area contributed by atoms with Crippen molar-refractivity contribution in [2.75, 3.05) is 13.2 Å². The van der Waals surface area contributed by atoms with Crippen LogP contribution < -0.4 is 10.1 Å². The molecule has 5 heteroatoms. The van der Waals surface area contributed by atoms with Crippen molar-refractivity contribution in [3.05, 3.63) is 29.8 Å². The van der Waals surface area contributed by atoms with Gasteiger partial charge in [0, 0.05) is 6.07 Å². The summed E-state index contributed by atoms with van der Waals surface area (Å²) >= 11 is 0. The predicted molar refractivity (Wildman–Crippen MR) is 73.4 cm³/mol. The molecule has 0 aliphatic rings. The van der Waals surface area contributed by atoms with E-state index in [0.29, 0.717) is 25.8 Å². The maximum absolute atomic E-state index is 13.3. The Kier molecular flexibility index (Phi) is 6.40. The number of ether oxygens (including phenoxy) is 1. The fraction of sp³-hybridized carbons (Fsp3) is 0.533. The molecule has 1 aromatic carbocycles. The third-order valence-electron chi connectivity index (χ3n) is 3.23. The Morgan fingerprint density at radius 2 is 2.10 bits per heavy atom. The van der Waals surface area contributed by atoms with E-state index in [9.17, 15) is 14.0 Å². The molecule has 0 saturated heterocycles. The van der Waals surface area contributed by atoms with Gasteiger partial charge in [-0.25, -0.2) is 8.78 Å². The zero-order valence-electron chi connectivity index (χ0n) is 11.9. The van der Waals surface area contributed by atoms with E-state index in [0.717, 1.165) is 18.2 Å². The zero-order valence-corrected chi connectivity index (χ0v) is 11.9. The fourth-order valence-corrected chi connectivity index (χ4v) is 2.05. The second-order valence-corrected chi connectivity index (χ2v) is 4.60. The van der Waals surface area contributed by atoms with E-state index in [1.807, 2.05) is 13.8 Å². The van der Waals surface area contributed by atoms with Gasteiger partial charge in [-0.15, -0.1) is 0 Å². The highest BCUT2D eigenvalue weighted by molar-refractivity contribution is 5.24. The van der Waals surface area contributed by atoms with Crippen LogP contribution in [-0.4, -0.2) is 18.7 Å². The van der Waals surface area contributed by atoms with Crippen molar-refractivity contribution in [2.45, 2.75) is 38.6 Å². The van der Waals surface area contributed by atoms with Gasteiger partial charge in [0.1, 0.15) is 11.4 Å². The first kappa shape index (κ1) is 16.4. The van der Waals surface area contributed by atoms with Crippen molar-refractivity contribution in [3.63, 3.8) is 0 Å². The van der Waals surface area contributed by atoms with E-state index in [-0.39, 0.29) is 12.4 Å². The molecule has 0 aliphatic heterocycles. The van der Waals surface area contributed by atoms with Gasteiger partial charge in [-0.05, 0) is 37.9 Å². The van der Waals surface area contributed by atoms with Gasteiger partial charge in [-0.1, -0.05) is 13.8 Å². The Labute approximate surface area is 118 Å². The molecule has 0 radical (unpaired) electrons. The quantitative estimate of drug-likeness (QED) is 0.743. The molecule has 3 nitrogen and oxygen atoms in total. The van der Waals surface area contributed by atoms with Crippen LogP contribution >= 0.6 is 0 Å². The summed E-state index contributed by atoms with van der Waals surface area (Å²) < 4.78 is 31.5. The highest BCUT2D eigenvalue weighted by Crippen LogP contribution is 2.20. The Hall–Kier alpha value is -1.67. The van der Waals surface area contributed by atoms with Crippen LogP contribution in [0.5, 0.6) is 5.75 Å². The Morgan fingerprint density at radius 1 is 1.35 bits per heavy atom. The van der Waals surface area contributed by atoms with E-state index in [1.54, 1.807) is 0 Å². The first-order valence-corrected chi connectivity index (χ1v) is 6.81. The average Bonchev–Trinajstić information content (AvgIpc) is 2.46. The van der Waals surface area contributed by atoms with Gasteiger partial charge < -0.3 is 4.74 Å². The van der Waals surface area contributed by atoms with Crippen molar-refractivity contribution in [3.8, 4) is 11.8 Å². The largest absolute Gasteiger partial charge is 0.490 e. The van der Waals surface area contributed by atoms with Crippen LogP contribution in [0.1, 0.15) is 33.1 Å². The van der Waals surface area contributed by atoms with Crippen LogP contribution in [-0.2, 0) is 0 Å². The zero-order chi connectivity index (χ0) is 15.0. The number of nitriles is 1. The summed E-state index contributed by atoms with van der Waals surface area (Å²) in [5, 5.41) is 12.4. The monoisotopic (exact) mass is 282 g/mol. The van der Waals surface area contributed by atoms with Crippen LogP contribution in [0.4, 0.5) is 8.78 Å². The van der Waals surface area contributed by atoms with E-state index in [1.165, 1.54) is 0 Å². The van der Waals surface area contributed by atoms with Crippen LogP contribution in [0.15, 0.2) is 18.2 Å². The number of nitrogens with one attached hydrogen (secondary N) is 1. The minimum Gasteiger partial charge on any atom is -0.490 e. The molecular weight excluding hydrogens is 262 g/mol. The normalized spacial score (nSPS) is 13.6. The third-order valence-corrected chi connectivity index (χ3v) is 3.23. The molecule has 0 heterocycles. The Bertz CT molecular complexity index is 473. The molecule has 0 aromatic heterocycles. The van der Waals surface area contributed by atoms with Gasteiger partial charge in [0.25, 0.3) is 0 Å². The van der Waals surface area contributed by atoms with Crippen LogP contribution in [0.2, 0.25) is 0 Å². The summed E-state index contributed by atoms with van der Waals surface area (Å²) in [6.45, 7) is 4.84. The standard InChI is InChI=1S/C15H20F2N2O/c1-3-15(11-18,19-4-2)8-5-9-20-14-10-12(16)6-7-13(14)17/h6-7,10,19H,3-5,8-9H2,1-2H3. The highest BCUT2D eigenvalue weighted by Gasteiger charge is 2.25. The minimum atomic E-state index is -0.583. The minimum absolute atomic E-state index is 0.0903. The average molecular weight is 282 g/mol. The lowest BCUT2D eigenvalue weighted by Crippen LogP contribution is -2.43. The molecule has 110 valence electrons. The van der Waals surface area contributed by atoms with Crippen molar-refractivity contribution in [2.24, 2.45) is 0 Å². The number of hydrogen-bond donors (Lipinski definition) is 1. The molecule has 1 atom stereocenters. The molecule has 1 unspecified atom stereocenters. The van der Waals surface area contributed by atoms with Gasteiger partial charge in [0.15, 0.2) is 11.6 Å². The lowest BCUT2D eigenvalue weighted by molar-refractivity contribution is 0.267. The molecule has 1 N–H and O–H groups in total. The number of benzene rings is 1. The second-order valence-electron chi connectivity index (χ2n) is 4.60. The van der Waals surface area contributed by atoms with Crippen molar-refractivity contribution >= 4 is 0 Å². The third kappa shape index (κ3) is 4.46. The molecule has 0 amide bonds. The van der Waals surface area contributed by atoms with Crippen LogP contribution in [0.3, 0.4) is 0 Å². The smallest absolute Gasteiger partial charge is 0.165 e. The lowest BCUT2D eigenvalue weighted by atomic mass is 9.92. The van der Waals surface area contributed by atoms with E-state index in [2.05, 4.69) is 11.4 Å². The summed E-state index contributed by atoms with van der Waals surface area (Å²) in [5.74, 6) is -1.21. The van der Waals surface area contributed by atoms with Crippen molar-refractivity contribution in [1.29, 1.82) is 5.26 Å². The predicted octanol–water partition coefficient (Wildman–Crippen LogP) is 3.41. The molecular formula is C15H20F2N2O. The second kappa shape index (κ2) is 7.81. The highest BCUT2D eigenvalue weighted by atomic mass is 19.1. The van der Waals surface area contributed by atoms with E-state index < -0.39 is 17.2 Å². The first-order chi connectivity index (χ1) is 9.56. The topological polar surface area (TPSA) is 45.0 Å². The summed E-state index contributed by atoms with van der Waals surface area (Å²) in [5.41, 5.74) is -0.571. The summed E-state index contributed by atoms with van der Waals surface area (Å²) in [6.07, 6.45) is 1.88. The Balaban J connectivity index is 2.48. The molecule has 0 aliphatic carbocycles. The van der Waals surface area contributed by atoms with Crippen LogP contribution in [0.25, 0.3) is 0 Å². The van der Waals surface area contributed by atoms with E-state index >= 15 is 0 Å². The molecule has 0 saturated carbocycles. The SMILES string of the molecule is CCNC(C#N)(CC)CCCOc1cc(F)ccc1F. The first-order valence-electron chi connectivity index (χ1n) is 6.81. The van der Waals surface area contributed by atoms with Gasteiger partial charge in [-0.3, -0.25) is 5.32 Å². The molecule has 0 fully saturated rings. The molecule has 0 bridgehead atoms. The van der Waals surface area contributed by atoms with Crippen molar-refractivity contribution in [1.82, 2.24) is 5.32 Å². The van der Waals surface area contributed by atoms with E-state index in [4.69, 9.17) is 4.74 Å². The summed E-state index contributed by atoms with van der Waals surface area (Å²) in [6, 6.07) is 5.39. The number of rotatable bonds is 8. The molecule has 20 heavy (non-hydrogen) atoms. The molecule has 1 rings (SSSR count). The molecule has 1 aromatic rings. The molecule has 0 spiro atoms. The van der Waals surface area contributed by atoms with Gasteiger partial charge >= 0.3 is 0 Å². The maximum atomic E-state index is 13.3. The number of halogens is 2. The summed E-state index contributed by atoms with van der Waals surface area (Å²) in [4.78, 5) is 0. The maximum Gasteiger partial charge on any atom is 0.165 e. The van der Waals surface area contributed by atoms with Gasteiger partial charge in [-0.2, -0.15) is 5.26 Å². The Morgan fingerprint density at radius 3 is 2.70 bits per heavy atom. The van der Waals surface area contributed by atoms with Crippen molar-refractivity contribution < 1.29 is 13.5 Å². The summed E-state index contributed by atoms with van der Waals surface area (Å²) in [7, 11) is 0. The number of nitrogens with zero attached hydrogens (tertiary/aromatic N) is 1. The fourth-order valence-electron chi connectivity index (χ4n) is 2.05. The van der Waals surface area contributed by atoms with Crippen LogP contribution in [0, 0.1) is 23.0 Å².